The monoisotopic (exact) mass is 191 g/mol. The van der Waals surface area contributed by atoms with Crippen molar-refractivity contribution in [1.29, 1.82) is 0 Å². The van der Waals surface area contributed by atoms with Crippen LogP contribution in [0.3, 0.4) is 0 Å². The van der Waals surface area contributed by atoms with Crippen LogP contribution in [-0.4, -0.2) is 12.3 Å². The maximum Gasteiger partial charge on any atom is 0.122 e. The van der Waals surface area contributed by atoms with E-state index in [0.717, 1.165) is 19.1 Å². The van der Waals surface area contributed by atoms with Crippen LogP contribution < -0.4 is 5.73 Å². The summed E-state index contributed by atoms with van der Waals surface area (Å²) in [5, 5.41) is 0. The van der Waals surface area contributed by atoms with Crippen LogP contribution in [0.2, 0.25) is 0 Å². The molecular weight excluding hydrogens is 174 g/mol. The van der Waals surface area contributed by atoms with Crippen molar-refractivity contribution >= 4 is 6.29 Å². The molecule has 0 heterocycles. The summed E-state index contributed by atoms with van der Waals surface area (Å²) in [6.07, 6.45) is 2.57. The lowest BCUT2D eigenvalue weighted by atomic mass is 9.98. The smallest absolute Gasteiger partial charge is 0.122 e. The van der Waals surface area contributed by atoms with Gasteiger partial charge in [-0.15, -0.1) is 0 Å². The van der Waals surface area contributed by atoms with Gasteiger partial charge in [-0.2, -0.15) is 0 Å². The van der Waals surface area contributed by atoms with E-state index in [9.17, 15) is 4.79 Å². The number of aldehydes is 1. The molecule has 2 unspecified atom stereocenters. The first kappa shape index (κ1) is 10.9. The van der Waals surface area contributed by atoms with Crippen LogP contribution >= 0.6 is 0 Å². The highest BCUT2D eigenvalue weighted by molar-refractivity contribution is 5.52. The third-order valence-electron chi connectivity index (χ3n) is 2.25. The van der Waals surface area contributed by atoms with Gasteiger partial charge in [-0.1, -0.05) is 37.3 Å². The Kier molecular flexibility index (Phi) is 4.33. The van der Waals surface area contributed by atoms with Gasteiger partial charge in [0, 0.05) is 12.0 Å². The number of hydrogen-bond acceptors (Lipinski definition) is 2. The SMILES string of the molecule is CC(C=O)CC(N)Cc1ccccc1. The van der Waals surface area contributed by atoms with Gasteiger partial charge in [0.25, 0.3) is 0 Å². The molecule has 0 radical (unpaired) electrons. The number of benzene rings is 1. The Morgan fingerprint density at radius 2 is 2.00 bits per heavy atom. The molecule has 0 amide bonds. The summed E-state index contributed by atoms with van der Waals surface area (Å²) < 4.78 is 0. The van der Waals surface area contributed by atoms with Gasteiger partial charge in [-0.3, -0.25) is 0 Å². The lowest BCUT2D eigenvalue weighted by Crippen LogP contribution is -2.25. The first-order valence-corrected chi connectivity index (χ1v) is 4.97. The molecule has 0 saturated carbocycles. The standard InChI is InChI=1S/C12H17NO/c1-10(9-14)7-12(13)8-11-5-3-2-4-6-11/h2-6,9-10,12H,7-8,13H2,1H3. The minimum absolute atomic E-state index is 0.0636. The van der Waals surface area contributed by atoms with Gasteiger partial charge in [-0.05, 0) is 18.4 Å². The summed E-state index contributed by atoms with van der Waals surface area (Å²) in [4.78, 5) is 10.4. The minimum atomic E-state index is 0.0636. The molecule has 1 aromatic rings. The highest BCUT2D eigenvalue weighted by Gasteiger charge is 2.08. The van der Waals surface area contributed by atoms with Crippen molar-refractivity contribution in [2.45, 2.75) is 25.8 Å². The molecular formula is C12H17NO. The molecule has 1 rings (SSSR count). The molecule has 0 saturated heterocycles. The molecule has 1 aromatic carbocycles. The van der Waals surface area contributed by atoms with Gasteiger partial charge in [0.05, 0.1) is 0 Å². The van der Waals surface area contributed by atoms with Crippen LogP contribution in [0.5, 0.6) is 0 Å². The lowest BCUT2D eigenvalue weighted by Gasteiger charge is -2.12. The minimum Gasteiger partial charge on any atom is -0.327 e. The second-order valence-electron chi connectivity index (χ2n) is 3.80. The van der Waals surface area contributed by atoms with Crippen LogP contribution in [0.1, 0.15) is 18.9 Å². The summed E-state index contributed by atoms with van der Waals surface area (Å²) in [6.45, 7) is 1.90. The molecule has 0 spiro atoms. The van der Waals surface area contributed by atoms with Gasteiger partial charge in [0.1, 0.15) is 6.29 Å². The van der Waals surface area contributed by atoms with Crippen molar-refractivity contribution in [1.82, 2.24) is 0 Å². The maximum absolute atomic E-state index is 10.4. The topological polar surface area (TPSA) is 43.1 Å². The molecule has 0 aliphatic carbocycles. The zero-order valence-corrected chi connectivity index (χ0v) is 8.52. The van der Waals surface area contributed by atoms with Gasteiger partial charge < -0.3 is 10.5 Å². The van der Waals surface area contributed by atoms with E-state index >= 15 is 0 Å². The number of rotatable bonds is 5. The molecule has 0 aromatic heterocycles. The van der Waals surface area contributed by atoms with E-state index in [1.165, 1.54) is 5.56 Å². The molecule has 14 heavy (non-hydrogen) atoms. The van der Waals surface area contributed by atoms with E-state index in [2.05, 4.69) is 12.1 Å². The van der Waals surface area contributed by atoms with Crippen molar-refractivity contribution in [2.75, 3.05) is 0 Å². The Morgan fingerprint density at radius 1 is 1.36 bits per heavy atom. The largest absolute Gasteiger partial charge is 0.327 e. The van der Waals surface area contributed by atoms with E-state index in [-0.39, 0.29) is 12.0 Å². The van der Waals surface area contributed by atoms with Crippen molar-refractivity contribution < 1.29 is 4.79 Å². The molecule has 76 valence electrons. The molecule has 0 bridgehead atoms. The van der Waals surface area contributed by atoms with Crippen LogP contribution in [0.15, 0.2) is 30.3 Å². The molecule has 0 aliphatic rings. The van der Waals surface area contributed by atoms with Crippen LogP contribution in [0.25, 0.3) is 0 Å². The predicted molar refractivity (Wildman–Crippen MR) is 58.0 cm³/mol. The highest BCUT2D eigenvalue weighted by Crippen LogP contribution is 2.08. The van der Waals surface area contributed by atoms with E-state index in [0.29, 0.717) is 0 Å². The van der Waals surface area contributed by atoms with E-state index < -0.39 is 0 Å². The normalized spacial score (nSPS) is 14.7. The molecule has 2 atom stereocenters. The fourth-order valence-corrected chi connectivity index (χ4v) is 1.53. The van der Waals surface area contributed by atoms with E-state index in [1.54, 1.807) is 0 Å². The summed E-state index contributed by atoms with van der Waals surface area (Å²) in [5.74, 6) is 0.0636. The van der Waals surface area contributed by atoms with Gasteiger partial charge in [0.2, 0.25) is 0 Å². The van der Waals surface area contributed by atoms with Crippen LogP contribution in [0, 0.1) is 5.92 Å². The zero-order valence-electron chi connectivity index (χ0n) is 8.52. The number of carbonyl (C=O) groups excluding carboxylic acids is 1. The Balaban J connectivity index is 2.41. The Morgan fingerprint density at radius 3 is 2.57 bits per heavy atom. The highest BCUT2D eigenvalue weighted by atomic mass is 16.1. The molecule has 2 N–H and O–H groups in total. The first-order valence-electron chi connectivity index (χ1n) is 4.97. The quantitative estimate of drug-likeness (QED) is 0.721. The van der Waals surface area contributed by atoms with E-state index in [1.807, 2.05) is 25.1 Å². The van der Waals surface area contributed by atoms with Crippen molar-refractivity contribution in [3.05, 3.63) is 35.9 Å². The second-order valence-corrected chi connectivity index (χ2v) is 3.80. The Labute approximate surface area is 85.1 Å². The molecule has 0 aliphatic heterocycles. The molecule has 0 fully saturated rings. The third kappa shape index (κ3) is 3.71. The van der Waals surface area contributed by atoms with Gasteiger partial charge in [0.15, 0.2) is 0 Å². The average molecular weight is 191 g/mol. The third-order valence-corrected chi connectivity index (χ3v) is 2.25. The number of hydrogen-bond donors (Lipinski definition) is 1. The predicted octanol–water partition coefficient (Wildman–Crippen LogP) is 1.78. The summed E-state index contributed by atoms with van der Waals surface area (Å²) in [6, 6.07) is 10.2. The van der Waals surface area contributed by atoms with Crippen molar-refractivity contribution in [3.63, 3.8) is 0 Å². The number of nitrogens with two attached hydrogens (primary N) is 1. The lowest BCUT2D eigenvalue weighted by molar-refractivity contribution is -0.110. The summed E-state index contributed by atoms with van der Waals surface area (Å²) in [7, 11) is 0. The Hall–Kier alpha value is -1.15. The van der Waals surface area contributed by atoms with Crippen molar-refractivity contribution in [3.8, 4) is 0 Å². The fourth-order valence-electron chi connectivity index (χ4n) is 1.53. The summed E-state index contributed by atoms with van der Waals surface area (Å²) >= 11 is 0. The molecule has 2 nitrogen and oxygen atoms in total. The zero-order chi connectivity index (χ0) is 10.4. The Bertz CT molecular complexity index is 271. The molecule has 2 heteroatoms. The fraction of sp³-hybridized carbons (Fsp3) is 0.417. The van der Waals surface area contributed by atoms with Gasteiger partial charge >= 0.3 is 0 Å². The average Bonchev–Trinajstić information content (AvgIpc) is 2.19. The number of carbonyl (C=O) groups is 1. The summed E-state index contributed by atoms with van der Waals surface area (Å²) in [5.41, 5.74) is 7.16. The van der Waals surface area contributed by atoms with Crippen LogP contribution in [0.4, 0.5) is 0 Å². The van der Waals surface area contributed by atoms with Crippen molar-refractivity contribution in [2.24, 2.45) is 11.7 Å². The van der Waals surface area contributed by atoms with Gasteiger partial charge in [-0.25, -0.2) is 0 Å². The van der Waals surface area contributed by atoms with Crippen LogP contribution in [-0.2, 0) is 11.2 Å². The maximum atomic E-state index is 10.4. The first-order chi connectivity index (χ1) is 6.72. The van der Waals surface area contributed by atoms with E-state index in [4.69, 9.17) is 5.73 Å². The second kappa shape index (κ2) is 5.55.